The molecule has 3 aliphatic heterocycles. The molecule has 172 valence electrons. The van der Waals surface area contributed by atoms with E-state index in [1.807, 2.05) is 40.6 Å². The Labute approximate surface area is 196 Å². The number of carbonyl (C=O) groups excluding carboxylic acids is 4. The molecule has 1 aromatic heterocycles. The van der Waals surface area contributed by atoms with Crippen LogP contribution in [0.15, 0.2) is 35.7 Å². The standard InChI is InChI=1S/C25H26N2O5S/c1-4-26-22(29)19-20(23(26)30)25(24(31)32-3)10-5-11-27(25)21(19)16-8-6-15(7-9-16)18-12-17(13-33-18)14(2)28/h6-9,12-13,19-21H,4-5,10-11H2,1-3H3/t19-,20-,21+,25-/m0/s1. The Hall–Kier alpha value is -2.84. The largest absolute Gasteiger partial charge is 0.468 e. The van der Waals surface area contributed by atoms with E-state index in [1.54, 1.807) is 13.8 Å². The van der Waals surface area contributed by atoms with Crippen molar-refractivity contribution in [1.82, 2.24) is 9.80 Å². The average Bonchev–Trinajstić information content (AvgIpc) is 3.55. The van der Waals surface area contributed by atoms with Crippen LogP contribution in [0.4, 0.5) is 0 Å². The number of rotatable bonds is 5. The first-order valence-corrected chi connectivity index (χ1v) is 12.1. The van der Waals surface area contributed by atoms with E-state index in [-0.39, 0.29) is 23.6 Å². The summed E-state index contributed by atoms with van der Waals surface area (Å²) in [6.45, 7) is 4.27. The molecule has 0 saturated carbocycles. The summed E-state index contributed by atoms with van der Waals surface area (Å²) < 4.78 is 5.19. The second-order valence-electron chi connectivity index (χ2n) is 8.96. The van der Waals surface area contributed by atoms with Gasteiger partial charge in [-0.05, 0) is 50.4 Å². The number of likely N-dealkylation sites (tertiary alicyclic amines) is 1. The van der Waals surface area contributed by atoms with Crippen LogP contribution in [0.25, 0.3) is 10.4 Å². The van der Waals surface area contributed by atoms with Crippen LogP contribution in [0.3, 0.4) is 0 Å². The Morgan fingerprint density at radius 1 is 1.18 bits per heavy atom. The van der Waals surface area contributed by atoms with Gasteiger partial charge in [-0.2, -0.15) is 0 Å². The van der Waals surface area contributed by atoms with Gasteiger partial charge in [0.05, 0.1) is 18.9 Å². The highest BCUT2D eigenvalue weighted by Gasteiger charge is 2.73. The lowest BCUT2D eigenvalue weighted by Crippen LogP contribution is -2.54. The number of benzene rings is 1. The van der Waals surface area contributed by atoms with E-state index in [1.165, 1.54) is 23.3 Å². The zero-order chi connectivity index (χ0) is 23.5. The SMILES string of the molecule is CCN1C(=O)[C@@H]2[C@@H](c3ccc(-c4cc(C(C)=O)cs4)cc3)N3CCC[C@@]3(C(=O)OC)[C@@H]2C1=O. The number of thiophene rings is 1. The van der Waals surface area contributed by atoms with E-state index in [2.05, 4.69) is 0 Å². The van der Waals surface area contributed by atoms with E-state index in [4.69, 9.17) is 4.74 Å². The summed E-state index contributed by atoms with van der Waals surface area (Å²) in [4.78, 5) is 55.8. The van der Waals surface area contributed by atoms with Gasteiger partial charge in [-0.15, -0.1) is 11.3 Å². The lowest BCUT2D eigenvalue weighted by molar-refractivity contribution is -0.159. The molecule has 0 unspecified atom stereocenters. The molecule has 0 spiro atoms. The Morgan fingerprint density at radius 2 is 1.91 bits per heavy atom. The number of hydrogen-bond acceptors (Lipinski definition) is 7. The van der Waals surface area contributed by atoms with Crippen molar-refractivity contribution in [2.75, 3.05) is 20.2 Å². The molecule has 7 nitrogen and oxygen atoms in total. The zero-order valence-electron chi connectivity index (χ0n) is 18.9. The molecule has 1 aromatic carbocycles. The Balaban J connectivity index is 1.57. The number of amides is 2. The predicted octanol–water partition coefficient (Wildman–Crippen LogP) is 3.30. The summed E-state index contributed by atoms with van der Waals surface area (Å²) in [5, 5.41) is 1.85. The molecule has 0 radical (unpaired) electrons. The quantitative estimate of drug-likeness (QED) is 0.382. The number of imide groups is 1. The minimum atomic E-state index is -1.09. The maximum Gasteiger partial charge on any atom is 0.327 e. The second kappa shape index (κ2) is 7.88. The fourth-order valence-electron chi connectivity index (χ4n) is 6.09. The maximum atomic E-state index is 13.3. The molecule has 4 atom stereocenters. The van der Waals surface area contributed by atoms with Crippen molar-refractivity contribution in [3.63, 3.8) is 0 Å². The number of hydrogen-bond donors (Lipinski definition) is 0. The monoisotopic (exact) mass is 466 g/mol. The lowest BCUT2D eigenvalue weighted by atomic mass is 9.77. The number of fused-ring (bicyclic) bond motifs is 3. The van der Waals surface area contributed by atoms with Gasteiger partial charge < -0.3 is 4.74 Å². The third-order valence-electron chi connectivity index (χ3n) is 7.50. The van der Waals surface area contributed by atoms with Crippen LogP contribution in [-0.4, -0.2) is 59.1 Å². The van der Waals surface area contributed by atoms with E-state index >= 15 is 0 Å². The zero-order valence-corrected chi connectivity index (χ0v) is 19.7. The molecule has 5 rings (SSSR count). The van der Waals surface area contributed by atoms with Gasteiger partial charge in [0.1, 0.15) is 5.54 Å². The summed E-state index contributed by atoms with van der Waals surface area (Å²) >= 11 is 1.51. The van der Waals surface area contributed by atoms with Crippen molar-refractivity contribution in [1.29, 1.82) is 0 Å². The van der Waals surface area contributed by atoms with Gasteiger partial charge in [-0.1, -0.05) is 24.3 Å². The van der Waals surface area contributed by atoms with Crippen molar-refractivity contribution >= 4 is 34.9 Å². The number of methoxy groups -OCH3 is 1. The number of ether oxygens (including phenoxy) is 1. The minimum absolute atomic E-state index is 0.0317. The van der Waals surface area contributed by atoms with Gasteiger partial charge in [0.25, 0.3) is 0 Å². The third kappa shape index (κ3) is 2.97. The van der Waals surface area contributed by atoms with E-state index in [0.717, 1.165) is 22.4 Å². The van der Waals surface area contributed by atoms with Crippen LogP contribution in [0.1, 0.15) is 48.7 Å². The molecular weight excluding hydrogens is 440 g/mol. The smallest absolute Gasteiger partial charge is 0.327 e. The molecule has 33 heavy (non-hydrogen) atoms. The molecule has 8 heteroatoms. The van der Waals surface area contributed by atoms with Gasteiger partial charge in [0, 0.05) is 28.4 Å². The topological polar surface area (TPSA) is 84.0 Å². The molecule has 4 heterocycles. The summed E-state index contributed by atoms with van der Waals surface area (Å²) in [7, 11) is 1.35. The van der Waals surface area contributed by atoms with Crippen molar-refractivity contribution in [3.8, 4) is 10.4 Å². The summed E-state index contributed by atoms with van der Waals surface area (Å²) in [5.74, 6) is -2.19. The number of nitrogens with zero attached hydrogens (tertiary/aromatic N) is 2. The maximum absolute atomic E-state index is 13.3. The number of Topliss-reactive ketones (excluding diaryl/α,β-unsaturated/α-hetero) is 1. The first-order chi connectivity index (χ1) is 15.8. The molecule has 0 N–H and O–H groups in total. The normalized spacial score (nSPS) is 28.8. The predicted molar refractivity (Wildman–Crippen MR) is 123 cm³/mol. The molecule has 0 bridgehead atoms. The Kier molecular flexibility index (Phi) is 5.25. The number of ketones is 1. The first-order valence-electron chi connectivity index (χ1n) is 11.2. The van der Waals surface area contributed by atoms with E-state index in [9.17, 15) is 19.2 Å². The molecule has 0 aliphatic carbocycles. The first kappa shape index (κ1) is 22.0. The van der Waals surface area contributed by atoms with Crippen molar-refractivity contribution in [2.24, 2.45) is 11.8 Å². The minimum Gasteiger partial charge on any atom is -0.468 e. The van der Waals surface area contributed by atoms with Gasteiger partial charge in [0.2, 0.25) is 11.8 Å². The van der Waals surface area contributed by atoms with Crippen LogP contribution in [0.2, 0.25) is 0 Å². The molecule has 3 fully saturated rings. The van der Waals surface area contributed by atoms with Crippen LogP contribution in [-0.2, 0) is 19.1 Å². The molecule has 2 amide bonds. The van der Waals surface area contributed by atoms with Gasteiger partial charge in [-0.25, -0.2) is 0 Å². The van der Waals surface area contributed by atoms with Crippen LogP contribution in [0.5, 0.6) is 0 Å². The highest BCUT2D eigenvalue weighted by molar-refractivity contribution is 7.13. The van der Waals surface area contributed by atoms with Gasteiger partial charge in [0.15, 0.2) is 5.78 Å². The van der Waals surface area contributed by atoms with Crippen molar-refractivity contribution in [2.45, 2.75) is 38.3 Å². The Morgan fingerprint density at radius 3 is 2.52 bits per heavy atom. The van der Waals surface area contributed by atoms with E-state index in [0.29, 0.717) is 25.1 Å². The van der Waals surface area contributed by atoms with Crippen molar-refractivity contribution in [3.05, 3.63) is 46.8 Å². The molecule has 3 aliphatic rings. The van der Waals surface area contributed by atoms with E-state index < -0.39 is 23.3 Å². The highest BCUT2D eigenvalue weighted by atomic mass is 32.1. The summed E-state index contributed by atoms with van der Waals surface area (Å²) in [6.07, 6.45) is 1.28. The summed E-state index contributed by atoms with van der Waals surface area (Å²) in [6, 6.07) is 9.43. The average molecular weight is 467 g/mol. The Bertz CT molecular complexity index is 1160. The molecule has 3 saturated heterocycles. The molecule has 2 aromatic rings. The summed E-state index contributed by atoms with van der Waals surface area (Å²) in [5.41, 5.74) is 1.48. The van der Waals surface area contributed by atoms with Gasteiger partial charge in [-0.3, -0.25) is 29.0 Å². The lowest BCUT2D eigenvalue weighted by Gasteiger charge is -2.36. The van der Waals surface area contributed by atoms with Gasteiger partial charge >= 0.3 is 5.97 Å². The number of carbonyl (C=O) groups is 4. The fraction of sp³-hybridized carbons (Fsp3) is 0.440. The second-order valence-corrected chi connectivity index (χ2v) is 9.87. The fourth-order valence-corrected chi connectivity index (χ4v) is 7.04. The highest BCUT2D eigenvalue weighted by Crippen LogP contribution is 2.59. The van der Waals surface area contributed by atoms with Crippen LogP contribution < -0.4 is 0 Å². The number of esters is 1. The molecular formula is C25H26N2O5S. The van der Waals surface area contributed by atoms with Crippen LogP contribution in [0, 0.1) is 11.8 Å². The van der Waals surface area contributed by atoms with Crippen molar-refractivity contribution < 1.29 is 23.9 Å². The van der Waals surface area contributed by atoms with Crippen LogP contribution >= 0.6 is 11.3 Å². The third-order valence-corrected chi connectivity index (χ3v) is 8.48.